The van der Waals surface area contributed by atoms with Gasteiger partial charge in [-0.1, -0.05) is 23.9 Å². The van der Waals surface area contributed by atoms with Gasteiger partial charge in [0, 0.05) is 11.3 Å². The molecule has 1 aromatic rings. The monoisotopic (exact) mass is 297 g/mol. The van der Waals surface area contributed by atoms with Crippen molar-refractivity contribution in [2.24, 2.45) is 0 Å². The topological polar surface area (TPSA) is 46.9 Å². The second-order valence-corrected chi connectivity index (χ2v) is 6.31. The van der Waals surface area contributed by atoms with E-state index in [0.717, 1.165) is 6.54 Å². The number of anilines is 1. The van der Waals surface area contributed by atoms with Crippen molar-refractivity contribution in [3.05, 3.63) is 21.6 Å². The standard InChI is InChI=1S/C13H16ClN3OS/c1-3-7-17-12(18)11(10(14)8-16-17)15-9-13(19-2)5-4-6-13/h1,8,15H,4-7,9H2,2H3. The first-order chi connectivity index (χ1) is 9.12. The Morgan fingerprint density at radius 3 is 2.95 bits per heavy atom. The lowest BCUT2D eigenvalue weighted by molar-refractivity contribution is 0.379. The van der Waals surface area contributed by atoms with Gasteiger partial charge in [0.2, 0.25) is 0 Å². The molecular formula is C13H16ClN3OS. The second kappa shape index (κ2) is 5.89. The van der Waals surface area contributed by atoms with Crippen molar-refractivity contribution in [3.8, 4) is 12.3 Å². The van der Waals surface area contributed by atoms with Crippen molar-refractivity contribution in [1.82, 2.24) is 9.78 Å². The van der Waals surface area contributed by atoms with Gasteiger partial charge < -0.3 is 5.32 Å². The summed E-state index contributed by atoms with van der Waals surface area (Å²) in [4.78, 5) is 12.1. The maximum absolute atomic E-state index is 12.1. The summed E-state index contributed by atoms with van der Waals surface area (Å²) in [5, 5.41) is 7.43. The highest BCUT2D eigenvalue weighted by Gasteiger charge is 2.36. The minimum Gasteiger partial charge on any atom is -0.378 e. The molecule has 1 aromatic heterocycles. The van der Waals surface area contributed by atoms with Crippen LogP contribution >= 0.6 is 23.4 Å². The third-order valence-corrected chi connectivity index (χ3v) is 5.23. The van der Waals surface area contributed by atoms with Crippen LogP contribution in [0.4, 0.5) is 5.69 Å². The van der Waals surface area contributed by atoms with E-state index in [2.05, 4.69) is 22.6 Å². The maximum Gasteiger partial charge on any atom is 0.292 e. The Hall–Kier alpha value is -1.12. The number of aromatic nitrogens is 2. The first-order valence-corrected chi connectivity index (χ1v) is 7.70. The molecule has 0 spiro atoms. The van der Waals surface area contributed by atoms with E-state index in [-0.39, 0.29) is 16.9 Å². The van der Waals surface area contributed by atoms with Crippen molar-refractivity contribution in [2.45, 2.75) is 30.6 Å². The zero-order chi connectivity index (χ0) is 13.9. The van der Waals surface area contributed by atoms with Gasteiger partial charge >= 0.3 is 0 Å². The summed E-state index contributed by atoms with van der Waals surface area (Å²) >= 11 is 7.88. The van der Waals surface area contributed by atoms with E-state index >= 15 is 0 Å². The summed E-state index contributed by atoms with van der Waals surface area (Å²) in [6.07, 6.45) is 12.3. The molecule has 6 heteroatoms. The molecule has 2 rings (SSSR count). The van der Waals surface area contributed by atoms with Crippen molar-refractivity contribution >= 4 is 29.1 Å². The van der Waals surface area contributed by atoms with Crippen LogP contribution in [0.25, 0.3) is 0 Å². The summed E-state index contributed by atoms with van der Waals surface area (Å²) < 4.78 is 1.47. The summed E-state index contributed by atoms with van der Waals surface area (Å²) in [6, 6.07) is 0. The number of thioether (sulfide) groups is 1. The van der Waals surface area contributed by atoms with Gasteiger partial charge in [0.25, 0.3) is 5.56 Å². The van der Waals surface area contributed by atoms with E-state index in [4.69, 9.17) is 18.0 Å². The van der Waals surface area contributed by atoms with E-state index in [1.54, 1.807) is 0 Å². The predicted molar refractivity (Wildman–Crippen MR) is 80.9 cm³/mol. The number of nitrogens with zero attached hydrogens (tertiary/aromatic N) is 2. The Kier molecular flexibility index (Phi) is 4.43. The van der Waals surface area contributed by atoms with E-state index in [1.807, 2.05) is 11.8 Å². The smallest absolute Gasteiger partial charge is 0.292 e. The molecule has 1 fully saturated rings. The van der Waals surface area contributed by atoms with Crippen LogP contribution in [-0.4, -0.2) is 27.3 Å². The fourth-order valence-corrected chi connectivity index (χ4v) is 3.21. The van der Waals surface area contributed by atoms with Crippen LogP contribution in [0.15, 0.2) is 11.0 Å². The van der Waals surface area contributed by atoms with Crippen molar-refractivity contribution in [3.63, 3.8) is 0 Å². The number of hydrogen-bond donors (Lipinski definition) is 1. The van der Waals surface area contributed by atoms with Gasteiger partial charge in [0.05, 0.1) is 11.2 Å². The molecule has 0 amide bonds. The Morgan fingerprint density at radius 2 is 2.42 bits per heavy atom. The Labute approximate surface area is 121 Å². The van der Waals surface area contributed by atoms with Gasteiger partial charge in [-0.25, -0.2) is 4.68 Å². The van der Waals surface area contributed by atoms with Crippen molar-refractivity contribution < 1.29 is 0 Å². The molecular weight excluding hydrogens is 282 g/mol. The van der Waals surface area contributed by atoms with Gasteiger partial charge in [-0.2, -0.15) is 16.9 Å². The fourth-order valence-electron chi connectivity index (χ4n) is 2.10. The van der Waals surface area contributed by atoms with Gasteiger partial charge in [0.1, 0.15) is 12.2 Å². The Balaban J connectivity index is 2.18. The highest BCUT2D eigenvalue weighted by atomic mass is 35.5. The lowest BCUT2D eigenvalue weighted by Gasteiger charge is -2.40. The number of nitrogens with one attached hydrogen (secondary N) is 1. The molecule has 1 saturated carbocycles. The summed E-state index contributed by atoms with van der Waals surface area (Å²) in [5.41, 5.74) is 0.133. The Morgan fingerprint density at radius 1 is 1.68 bits per heavy atom. The van der Waals surface area contributed by atoms with Crippen LogP contribution in [-0.2, 0) is 6.54 Å². The highest BCUT2D eigenvalue weighted by molar-refractivity contribution is 8.00. The third kappa shape index (κ3) is 2.90. The van der Waals surface area contributed by atoms with Gasteiger partial charge in [-0.3, -0.25) is 4.79 Å². The fraction of sp³-hybridized carbons (Fsp3) is 0.538. The average Bonchev–Trinajstić information content (AvgIpc) is 2.35. The lowest BCUT2D eigenvalue weighted by atomic mass is 9.84. The zero-order valence-electron chi connectivity index (χ0n) is 10.8. The lowest BCUT2D eigenvalue weighted by Crippen LogP contribution is -2.41. The Bertz CT molecular complexity index is 554. The molecule has 1 heterocycles. The van der Waals surface area contributed by atoms with Gasteiger partial charge in [0.15, 0.2) is 0 Å². The van der Waals surface area contributed by atoms with Crippen molar-refractivity contribution in [1.29, 1.82) is 0 Å². The van der Waals surface area contributed by atoms with Crippen LogP contribution in [0.3, 0.4) is 0 Å². The zero-order valence-corrected chi connectivity index (χ0v) is 12.4. The number of halogens is 1. The van der Waals surface area contributed by atoms with E-state index < -0.39 is 0 Å². The molecule has 4 nitrogen and oxygen atoms in total. The average molecular weight is 298 g/mol. The minimum absolute atomic E-state index is 0.151. The molecule has 0 atom stereocenters. The second-order valence-electron chi connectivity index (χ2n) is 4.63. The van der Waals surface area contributed by atoms with Gasteiger partial charge in [-0.15, -0.1) is 6.42 Å². The summed E-state index contributed by atoms with van der Waals surface area (Å²) in [6.45, 7) is 0.890. The number of terminal acetylenes is 1. The first kappa shape index (κ1) is 14.3. The van der Waals surface area contributed by atoms with Crippen LogP contribution in [0.1, 0.15) is 19.3 Å². The highest BCUT2D eigenvalue weighted by Crippen LogP contribution is 2.42. The number of hydrogen-bond acceptors (Lipinski definition) is 4. The molecule has 1 N–H and O–H groups in total. The van der Waals surface area contributed by atoms with Gasteiger partial charge in [-0.05, 0) is 19.1 Å². The summed E-state index contributed by atoms with van der Waals surface area (Å²) in [7, 11) is 0. The first-order valence-electron chi connectivity index (χ1n) is 6.10. The molecule has 0 aliphatic heterocycles. The molecule has 0 bridgehead atoms. The van der Waals surface area contributed by atoms with Crippen molar-refractivity contribution in [2.75, 3.05) is 18.1 Å². The van der Waals surface area contributed by atoms with Crippen LogP contribution < -0.4 is 10.9 Å². The molecule has 0 unspecified atom stereocenters. The van der Waals surface area contributed by atoms with Crippen LogP contribution in [0.5, 0.6) is 0 Å². The SMILES string of the molecule is C#CCn1ncc(Cl)c(NCC2(SC)CCC2)c1=O. The third-order valence-electron chi connectivity index (χ3n) is 3.52. The van der Waals surface area contributed by atoms with E-state index in [1.165, 1.54) is 30.1 Å². The molecule has 1 aliphatic carbocycles. The van der Waals surface area contributed by atoms with Crippen LogP contribution in [0, 0.1) is 12.3 Å². The quantitative estimate of drug-likeness (QED) is 0.847. The summed E-state index contributed by atoms with van der Waals surface area (Å²) in [5.74, 6) is 2.40. The largest absolute Gasteiger partial charge is 0.378 e. The number of rotatable bonds is 5. The maximum atomic E-state index is 12.1. The molecule has 0 radical (unpaired) electrons. The van der Waals surface area contributed by atoms with E-state index in [0.29, 0.717) is 10.7 Å². The van der Waals surface area contributed by atoms with E-state index in [9.17, 15) is 4.79 Å². The predicted octanol–water partition coefficient (Wildman–Crippen LogP) is 2.23. The minimum atomic E-state index is -0.263. The molecule has 102 valence electrons. The normalized spacial score (nSPS) is 16.5. The van der Waals surface area contributed by atoms with Crippen LogP contribution in [0.2, 0.25) is 5.02 Å². The molecule has 19 heavy (non-hydrogen) atoms. The molecule has 0 saturated heterocycles. The molecule has 0 aromatic carbocycles. The molecule has 1 aliphatic rings.